The van der Waals surface area contributed by atoms with Gasteiger partial charge in [0.1, 0.15) is 5.56 Å². The monoisotopic (exact) mass is 445 g/mol. The van der Waals surface area contributed by atoms with Gasteiger partial charge in [0.2, 0.25) is 0 Å². The number of hydrogen-bond acceptors (Lipinski definition) is 4. The quantitative estimate of drug-likeness (QED) is 0.639. The van der Waals surface area contributed by atoms with Gasteiger partial charge in [0.05, 0.1) is 11.3 Å². The van der Waals surface area contributed by atoms with E-state index in [1.165, 1.54) is 30.9 Å². The summed E-state index contributed by atoms with van der Waals surface area (Å²) in [6.07, 6.45) is -0.935. The van der Waals surface area contributed by atoms with Crippen LogP contribution >= 0.6 is 11.8 Å². The van der Waals surface area contributed by atoms with Crippen molar-refractivity contribution in [3.05, 3.63) is 87.1 Å². The molecule has 3 aromatic rings. The fourth-order valence-electron chi connectivity index (χ4n) is 3.78. The number of fused-ring (bicyclic) bond motifs is 3. The first-order chi connectivity index (χ1) is 14.7. The molecule has 1 aliphatic heterocycles. The van der Waals surface area contributed by atoms with E-state index in [1.807, 2.05) is 6.07 Å². The van der Waals surface area contributed by atoms with Crippen LogP contribution in [0.5, 0.6) is 0 Å². The Bertz CT molecular complexity index is 1220. The number of rotatable bonds is 2. The van der Waals surface area contributed by atoms with E-state index >= 15 is 0 Å². The Hall–Kier alpha value is -3.07. The molecule has 160 valence electrons. The highest BCUT2D eigenvalue weighted by Gasteiger charge is 2.34. The first kappa shape index (κ1) is 21.2. The molecule has 0 bridgehead atoms. The van der Waals surface area contributed by atoms with Gasteiger partial charge in [0, 0.05) is 53.5 Å². The average molecular weight is 445 g/mol. The van der Waals surface area contributed by atoms with E-state index in [0.717, 1.165) is 17.7 Å². The van der Waals surface area contributed by atoms with Crippen LogP contribution in [0.3, 0.4) is 0 Å². The maximum Gasteiger partial charge on any atom is 0.416 e. The fourth-order valence-corrected chi connectivity index (χ4v) is 5.02. The van der Waals surface area contributed by atoms with Crippen LogP contribution in [-0.2, 0) is 12.6 Å². The first-order valence-electron chi connectivity index (χ1n) is 9.46. The lowest BCUT2D eigenvalue weighted by atomic mass is 10.0. The summed E-state index contributed by atoms with van der Waals surface area (Å²) in [6.45, 7) is 1.65. The minimum Gasteiger partial charge on any atom is -0.355 e. The van der Waals surface area contributed by atoms with Gasteiger partial charge in [0.25, 0.3) is 5.91 Å². The highest BCUT2D eigenvalue weighted by atomic mass is 32.2. The SMILES string of the molecule is CNC(=O)c1c2n(c(C)cc1=O)-c1cc(C(F)(F)F)ccc1S[C@@H](c1cccnc1)C2. The molecular formula is C22H18F3N3O2S. The summed E-state index contributed by atoms with van der Waals surface area (Å²) >= 11 is 1.39. The van der Waals surface area contributed by atoms with Gasteiger partial charge >= 0.3 is 6.18 Å². The number of pyridine rings is 2. The van der Waals surface area contributed by atoms with Gasteiger partial charge < -0.3 is 9.88 Å². The third kappa shape index (κ3) is 3.85. The van der Waals surface area contributed by atoms with Crippen LogP contribution in [0.4, 0.5) is 13.2 Å². The van der Waals surface area contributed by atoms with E-state index in [-0.39, 0.29) is 17.2 Å². The molecule has 1 amide bonds. The van der Waals surface area contributed by atoms with Crippen molar-refractivity contribution in [2.75, 3.05) is 7.05 Å². The standard InChI is InChI=1S/C22H18F3N3O2S/c1-12-8-17(29)20(21(30)26-2)16-10-19(13-4-3-7-27-11-13)31-18-6-5-14(22(23,24)25)9-15(18)28(12)16/h3-9,11,19H,10H2,1-2H3,(H,26,30)/t19-/m1/s1. The number of alkyl halides is 3. The normalized spacial score (nSPS) is 15.6. The lowest BCUT2D eigenvalue weighted by Crippen LogP contribution is -2.30. The van der Waals surface area contributed by atoms with Crippen molar-refractivity contribution in [3.63, 3.8) is 0 Å². The van der Waals surface area contributed by atoms with Crippen molar-refractivity contribution in [2.24, 2.45) is 0 Å². The molecule has 0 radical (unpaired) electrons. The topological polar surface area (TPSA) is 64.0 Å². The van der Waals surface area contributed by atoms with Gasteiger partial charge in [-0.2, -0.15) is 13.2 Å². The van der Waals surface area contributed by atoms with Crippen LogP contribution in [0.25, 0.3) is 5.69 Å². The van der Waals surface area contributed by atoms with E-state index in [0.29, 0.717) is 22.0 Å². The van der Waals surface area contributed by atoms with Gasteiger partial charge in [-0.1, -0.05) is 6.07 Å². The summed E-state index contributed by atoms with van der Waals surface area (Å²) in [4.78, 5) is 30.1. The highest BCUT2D eigenvalue weighted by molar-refractivity contribution is 7.99. The number of carbonyl (C=O) groups excluding carboxylic acids is 1. The molecule has 9 heteroatoms. The van der Waals surface area contributed by atoms with E-state index in [4.69, 9.17) is 0 Å². The van der Waals surface area contributed by atoms with Crippen molar-refractivity contribution in [1.82, 2.24) is 14.9 Å². The number of hydrogen-bond donors (Lipinski definition) is 1. The molecule has 1 N–H and O–H groups in total. The van der Waals surface area contributed by atoms with Crippen molar-refractivity contribution < 1.29 is 18.0 Å². The summed E-state index contributed by atoms with van der Waals surface area (Å²) < 4.78 is 42.0. The zero-order chi connectivity index (χ0) is 22.3. The Morgan fingerprint density at radius 1 is 1.26 bits per heavy atom. The lowest BCUT2D eigenvalue weighted by molar-refractivity contribution is -0.137. The number of carbonyl (C=O) groups is 1. The van der Waals surface area contributed by atoms with Gasteiger partial charge in [-0.25, -0.2) is 0 Å². The van der Waals surface area contributed by atoms with Crippen LogP contribution in [-0.4, -0.2) is 22.5 Å². The highest BCUT2D eigenvalue weighted by Crippen LogP contribution is 2.45. The summed E-state index contributed by atoms with van der Waals surface area (Å²) in [5.41, 5.74) is 0.662. The molecule has 31 heavy (non-hydrogen) atoms. The van der Waals surface area contributed by atoms with Crippen LogP contribution in [0.1, 0.15) is 38.1 Å². The second kappa shape index (κ2) is 7.88. The lowest BCUT2D eigenvalue weighted by Gasteiger charge is -2.20. The number of thioether (sulfide) groups is 1. The molecule has 5 nitrogen and oxygen atoms in total. The minimum absolute atomic E-state index is 0.0622. The number of benzene rings is 1. The van der Waals surface area contributed by atoms with Gasteiger partial charge in [-0.05, 0) is 36.8 Å². The predicted molar refractivity (Wildman–Crippen MR) is 112 cm³/mol. The number of aromatic nitrogens is 2. The molecule has 0 fully saturated rings. The Balaban J connectivity index is 2.05. The van der Waals surface area contributed by atoms with Gasteiger partial charge in [-0.3, -0.25) is 14.6 Å². The molecule has 2 aromatic heterocycles. The van der Waals surface area contributed by atoms with E-state index in [1.54, 1.807) is 30.0 Å². The average Bonchev–Trinajstić information content (AvgIpc) is 2.90. The van der Waals surface area contributed by atoms with Gasteiger partial charge in [-0.15, -0.1) is 11.8 Å². The second-order valence-corrected chi connectivity index (χ2v) is 8.41. The van der Waals surface area contributed by atoms with E-state index < -0.39 is 23.1 Å². The largest absolute Gasteiger partial charge is 0.416 e. The molecule has 4 rings (SSSR count). The van der Waals surface area contributed by atoms with Crippen molar-refractivity contribution >= 4 is 17.7 Å². The maximum absolute atomic E-state index is 13.5. The summed E-state index contributed by atoms with van der Waals surface area (Å²) in [5, 5.41) is 2.23. The molecule has 1 atom stereocenters. The Morgan fingerprint density at radius 3 is 2.68 bits per heavy atom. The van der Waals surface area contributed by atoms with Crippen molar-refractivity contribution in [1.29, 1.82) is 0 Å². The van der Waals surface area contributed by atoms with Crippen molar-refractivity contribution in [2.45, 2.75) is 29.7 Å². The Morgan fingerprint density at radius 2 is 2.03 bits per heavy atom. The summed E-state index contributed by atoms with van der Waals surface area (Å²) in [6, 6.07) is 8.50. The smallest absolute Gasteiger partial charge is 0.355 e. The number of halogens is 3. The third-order valence-corrected chi connectivity index (χ3v) is 6.51. The summed E-state index contributed by atoms with van der Waals surface area (Å²) in [5.74, 6) is -0.570. The molecule has 0 unspecified atom stereocenters. The maximum atomic E-state index is 13.5. The van der Waals surface area contributed by atoms with E-state index in [2.05, 4.69) is 10.3 Å². The number of nitrogens with zero attached hydrogens (tertiary/aromatic N) is 2. The van der Waals surface area contributed by atoms with Crippen LogP contribution in [0.15, 0.2) is 58.5 Å². The molecule has 3 heterocycles. The number of aryl methyl sites for hydroxylation is 1. The van der Waals surface area contributed by atoms with E-state index in [9.17, 15) is 22.8 Å². The molecule has 1 aromatic carbocycles. The van der Waals surface area contributed by atoms with Crippen LogP contribution < -0.4 is 10.7 Å². The number of nitrogens with one attached hydrogen (secondary N) is 1. The summed E-state index contributed by atoms with van der Waals surface area (Å²) in [7, 11) is 1.42. The molecule has 0 saturated heterocycles. The predicted octanol–water partition coefficient (Wildman–Crippen LogP) is 4.31. The zero-order valence-corrected chi connectivity index (χ0v) is 17.5. The zero-order valence-electron chi connectivity index (χ0n) is 16.7. The molecular weight excluding hydrogens is 427 g/mol. The molecule has 1 aliphatic rings. The fraction of sp³-hybridized carbons (Fsp3) is 0.227. The molecule has 0 aliphatic carbocycles. The second-order valence-electron chi connectivity index (χ2n) is 7.16. The first-order valence-corrected chi connectivity index (χ1v) is 10.3. The minimum atomic E-state index is -4.52. The van der Waals surface area contributed by atoms with Gasteiger partial charge in [0.15, 0.2) is 5.43 Å². The van der Waals surface area contributed by atoms with Crippen molar-refractivity contribution in [3.8, 4) is 5.69 Å². The third-order valence-electron chi connectivity index (χ3n) is 5.18. The van der Waals surface area contributed by atoms with Crippen LogP contribution in [0.2, 0.25) is 0 Å². The molecule has 0 saturated carbocycles. The Kier molecular flexibility index (Phi) is 5.38. The number of amides is 1. The Labute approximate surface area is 180 Å². The van der Waals surface area contributed by atoms with Crippen LogP contribution in [0, 0.1) is 6.92 Å². The molecule has 0 spiro atoms.